The minimum Gasteiger partial charge on any atom is -0.337 e. The maximum atomic E-state index is 12.0. The zero-order valence-corrected chi connectivity index (χ0v) is 10.9. The van der Waals surface area contributed by atoms with Gasteiger partial charge < -0.3 is 9.80 Å². The van der Waals surface area contributed by atoms with Gasteiger partial charge in [0, 0.05) is 14.0 Å². The molecule has 100 valence electrons. The monoisotopic (exact) mass is 255 g/mol. The maximum absolute atomic E-state index is 12.0. The Morgan fingerprint density at radius 3 is 2.44 bits per heavy atom. The van der Waals surface area contributed by atoms with Crippen LogP contribution in [0.15, 0.2) is 0 Å². The van der Waals surface area contributed by atoms with E-state index in [1.165, 1.54) is 23.8 Å². The maximum Gasteiger partial charge on any atom is 0.252 e. The molecular weight excluding hydrogens is 238 g/mol. The summed E-state index contributed by atoms with van der Waals surface area (Å²) in [5.41, 5.74) is -1.09. The number of amides is 4. The van der Waals surface area contributed by atoms with E-state index in [4.69, 9.17) is 0 Å². The topological polar surface area (TPSA) is 86.8 Å². The van der Waals surface area contributed by atoms with Crippen LogP contribution in [0.3, 0.4) is 0 Å². The van der Waals surface area contributed by atoms with Crippen molar-refractivity contribution in [1.29, 1.82) is 0 Å². The molecule has 0 aromatic heterocycles. The highest BCUT2D eigenvalue weighted by Gasteiger charge is 2.43. The fourth-order valence-corrected chi connectivity index (χ4v) is 1.58. The Morgan fingerprint density at radius 2 is 1.94 bits per heavy atom. The van der Waals surface area contributed by atoms with Gasteiger partial charge in [-0.05, 0) is 13.8 Å². The first-order valence-electron chi connectivity index (χ1n) is 5.52. The van der Waals surface area contributed by atoms with Crippen LogP contribution in [0.4, 0.5) is 0 Å². The van der Waals surface area contributed by atoms with Crippen molar-refractivity contribution in [3.63, 3.8) is 0 Å². The Balaban J connectivity index is 2.85. The lowest BCUT2D eigenvalue weighted by atomic mass is 9.98. The molecule has 1 fully saturated rings. The van der Waals surface area contributed by atoms with Crippen molar-refractivity contribution in [3.8, 4) is 0 Å². The average molecular weight is 255 g/mol. The average Bonchev–Trinajstić information content (AvgIpc) is 2.23. The molecule has 7 nitrogen and oxygen atoms in total. The minimum absolute atomic E-state index is 0.153. The fourth-order valence-electron chi connectivity index (χ4n) is 1.58. The molecule has 0 aliphatic carbocycles. The molecule has 1 heterocycles. The smallest absolute Gasteiger partial charge is 0.252 e. The van der Waals surface area contributed by atoms with Crippen molar-refractivity contribution in [1.82, 2.24) is 15.1 Å². The molecule has 0 atom stereocenters. The van der Waals surface area contributed by atoms with Crippen LogP contribution in [-0.4, -0.2) is 59.1 Å². The van der Waals surface area contributed by atoms with Crippen LogP contribution in [-0.2, 0) is 19.2 Å². The van der Waals surface area contributed by atoms with Gasteiger partial charge in [-0.3, -0.25) is 24.5 Å². The van der Waals surface area contributed by atoms with E-state index in [9.17, 15) is 19.2 Å². The van der Waals surface area contributed by atoms with E-state index in [0.29, 0.717) is 0 Å². The van der Waals surface area contributed by atoms with Crippen LogP contribution in [0, 0.1) is 0 Å². The lowest BCUT2D eigenvalue weighted by molar-refractivity contribution is -0.156. The molecule has 18 heavy (non-hydrogen) atoms. The molecule has 1 N–H and O–H groups in total. The summed E-state index contributed by atoms with van der Waals surface area (Å²) >= 11 is 0. The van der Waals surface area contributed by atoms with E-state index in [-0.39, 0.29) is 19.0 Å². The van der Waals surface area contributed by atoms with E-state index in [0.717, 1.165) is 0 Å². The number of imide groups is 1. The van der Waals surface area contributed by atoms with Gasteiger partial charge in [-0.1, -0.05) is 0 Å². The van der Waals surface area contributed by atoms with Crippen LogP contribution < -0.4 is 5.32 Å². The Hall–Kier alpha value is -1.92. The van der Waals surface area contributed by atoms with Crippen molar-refractivity contribution in [2.24, 2.45) is 0 Å². The highest BCUT2D eigenvalue weighted by Crippen LogP contribution is 2.18. The van der Waals surface area contributed by atoms with Crippen LogP contribution >= 0.6 is 0 Å². The summed E-state index contributed by atoms with van der Waals surface area (Å²) in [6.07, 6.45) is 0. The summed E-state index contributed by atoms with van der Waals surface area (Å²) in [6, 6.07) is 0. The van der Waals surface area contributed by atoms with Gasteiger partial charge in [0.1, 0.15) is 12.1 Å². The molecule has 0 radical (unpaired) electrons. The summed E-state index contributed by atoms with van der Waals surface area (Å²) in [7, 11) is 1.49. The first-order chi connectivity index (χ1) is 8.16. The number of hydrogen-bond donors (Lipinski definition) is 1. The SMILES string of the molecule is CC(=O)N(C)CC(=O)N1CC(=O)NC(=O)C1(C)C. The Morgan fingerprint density at radius 1 is 1.39 bits per heavy atom. The summed E-state index contributed by atoms with van der Waals surface area (Å²) in [5.74, 6) is -1.72. The second kappa shape index (κ2) is 4.75. The van der Waals surface area contributed by atoms with Crippen LogP contribution in [0.1, 0.15) is 20.8 Å². The Bertz CT molecular complexity index is 417. The molecule has 1 saturated heterocycles. The van der Waals surface area contributed by atoms with Gasteiger partial charge in [0.15, 0.2) is 0 Å². The molecule has 7 heteroatoms. The van der Waals surface area contributed by atoms with Crippen molar-refractivity contribution < 1.29 is 19.2 Å². The quantitative estimate of drug-likeness (QED) is 0.623. The summed E-state index contributed by atoms with van der Waals surface area (Å²) in [4.78, 5) is 48.4. The molecule has 1 aliphatic heterocycles. The molecule has 0 saturated carbocycles. The lowest BCUT2D eigenvalue weighted by Crippen LogP contribution is -2.66. The van der Waals surface area contributed by atoms with E-state index >= 15 is 0 Å². The van der Waals surface area contributed by atoms with Crippen molar-refractivity contribution in [2.75, 3.05) is 20.1 Å². The van der Waals surface area contributed by atoms with Crippen LogP contribution in [0.5, 0.6) is 0 Å². The zero-order chi connectivity index (χ0) is 14.1. The number of likely N-dealkylation sites (N-methyl/N-ethyl adjacent to an activating group) is 1. The van der Waals surface area contributed by atoms with Gasteiger partial charge in [-0.25, -0.2) is 0 Å². The fraction of sp³-hybridized carbons (Fsp3) is 0.636. The molecule has 0 aromatic rings. The minimum atomic E-state index is -1.09. The highest BCUT2D eigenvalue weighted by atomic mass is 16.2. The second-order valence-electron chi connectivity index (χ2n) is 4.79. The number of rotatable bonds is 2. The molecule has 0 unspecified atom stereocenters. The standard InChI is InChI=1S/C11H17N3O4/c1-7(15)13(4)6-9(17)14-5-8(16)12-10(18)11(14,2)3/h5-6H2,1-4H3,(H,12,16,18). The van der Waals surface area contributed by atoms with Gasteiger partial charge >= 0.3 is 0 Å². The van der Waals surface area contributed by atoms with E-state index in [2.05, 4.69) is 5.32 Å². The second-order valence-corrected chi connectivity index (χ2v) is 4.79. The molecule has 1 aliphatic rings. The summed E-state index contributed by atoms with van der Waals surface area (Å²) in [6.45, 7) is 4.12. The first-order valence-corrected chi connectivity index (χ1v) is 5.52. The van der Waals surface area contributed by atoms with Crippen molar-refractivity contribution in [2.45, 2.75) is 26.3 Å². The molecule has 4 amide bonds. The predicted molar refractivity (Wildman–Crippen MR) is 62.3 cm³/mol. The molecule has 0 spiro atoms. The van der Waals surface area contributed by atoms with Crippen LogP contribution in [0.2, 0.25) is 0 Å². The molecular formula is C11H17N3O4. The summed E-state index contributed by atoms with van der Waals surface area (Å²) in [5, 5.41) is 2.18. The predicted octanol–water partition coefficient (Wildman–Crippen LogP) is -1.27. The van der Waals surface area contributed by atoms with Gasteiger partial charge in [0.05, 0.1) is 6.54 Å². The number of carbonyl (C=O) groups is 4. The van der Waals surface area contributed by atoms with Crippen molar-refractivity contribution >= 4 is 23.6 Å². The van der Waals surface area contributed by atoms with Crippen LogP contribution in [0.25, 0.3) is 0 Å². The normalized spacial score (nSPS) is 18.3. The lowest BCUT2D eigenvalue weighted by Gasteiger charge is -2.40. The number of nitrogens with one attached hydrogen (secondary N) is 1. The molecule has 0 aromatic carbocycles. The zero-order valence-electron chi connectivity index (χ0n) is 10.9. The highest BCUT2D eigenvalue weighted by molar-refractivity contribution is 6.06. The number of piperazine rings is 1. The van der Waals surface area contributed by atoms with Gasteiger partial charge in [0.2, 0.25) is 17.7 Å². The third-order valence-corrected chi connectivity index (χ3v) is 3.00. The third kappa shape index (κ3) is 2.66. The number of hydrogen-bond acceptors (Lipinski definition) is 4. The van der Waals surface area contributed by atoms with E-state index in [1.807, 2.05) is 0 Å². The molecule has 1 rings (SSSR count). The Labute approximate surface area is 105 Å². The number of carbonyl (C=O) groups excluding carboxylic acids is 4. The van der Waals surface area contributed by atoms with Gasteiger partial charge in [0.25, 0.3) is 5.91 Å². The van der Waals surface area contributed by atoms with E-state index < -0.39 is 23.3 Å². The van der Waals surface area contributed by atoms with Gasteiger partial charge in [-0.15, -0.1) is 0 Å². The third-order valence-electron chi connectivity index (χ3n) is 3.00. The Kier molecular flexibility index (Phi) is 3.73. The summed E-state index contributed by atoms with van der Waals surface area (Å²) < 4.78 is 0. The number of nitrogens with zero attached hydrogens (tertiary/aromatic N) is 2. The van der Waals surface area contributed by atoms with E-state index in [1.54, 1.807) is 13.8 Å². The molecule has 0 bridgehead atoms. The largest absolute Gasteiger partial charge is 0.337 e. The first kappa shape index (κ1) is 14.1. The van der Waals surface area contributed by atoms with Gasteiger partial charge in [-0.2, -0.15) is 0 Å². The van der Waals surface area contributed by atoms with Crippen molar-refractivity contribution in [3.05, 3.63) is 0 Å².